The Morgan fingerprint density at radius 1 is 1.04 bits per heavy atom. The molecule has 1 saturated heterocycles. The molecule has 0 spiro atoms. The molecular formula is C19H28N6O. The van der Waals surface area contributed by atoms with Crippen molar-refractivity contribution in [3.8, 4) is 5.82 Å². The number of aryl methyl sites for hydroxylation is 1. The van der Waals surface area contributed by atoms with Gasteiger partial charge in [-0.2, -0.15) is 5.10 Å². The Morgan fingerprint density at radius 3 is 2.46 bits per heavy atom. The molecule has 3 heterocycles. The summed E-state index contributed by atoms with van der Waals surface area (Å²) in [5.41, 5.74) is -0.473. The normalized spacial score (nSPS) is 21.1. The van der Waals surface area contributed by atoms with E-state index in [-0.39, 0.29) is 0 Å². The van der Waals surface area contributed by atoms with Gasteiger partial charge in [-0.3, -0.25) is 4.90 Å². The number of hydrogen-bond acceptors (Lipinski definition) is 6. The molecule has 0 bridgehead atoms. The molecule has 7 heteroatoms. The molecule has 140 valence electrons. The van der Waals surface area contributed by atoms with Crippen molar-refractivity contribution in [2.45, 2.75) is 44.6 Å². The lowest BCUT2D eigenvalue weighted by atomic mass is 9.84. The van der Waals surface area contributed by atoms with Crippen LogP contribution in [-0.2, 0) is 0 Å². The molecule has 0 amide bonds. The molecule has 1 aliphatic heterocycles. The van der Waals surface area contributed by atoms with Crippen LogP contribution >= 0.6 is 0 Å². The van der Waals surface area contributed by atoms with Crippen LogP contribution in [0.25, 0.3) is 5.82 Å². The number of aliphatic hydroxyl groups is 1. The summed E-state index contributed by atoms with van der Waals surface area (Å²) in [4.78, 5) is 13.8. The van der Waals surface area contributed by atoms with Gasteiger partial charge in [-0.1, -0.05) is 19.3 Å². The number of nitrogens with zero attached hydrogens (tertiary/aromatic N) is 6. The van der Waals surface area contributed by atoms with Gasteiger partial charge in [0.1, 0.15) is 11.6 Å². The summed E-state index contributed by atoms with van der Waals surface area (Å²) in [6.07, 6.45) is 9.14. The van der Waals surface area contributed by atoms with Crippen molar-refractivity contribution in [2.75, 3.05) is 37.6 Å². The summed E-state index contributed by atoms with van der Waals surface area (Å²) < 4.78 is 1.77. The molecule has 1 aliphatic carbocycles. The molecule has 7 nitrogen and oxygen atoms in total. The molecule has 1 saturated carbocycles. The van der Waals surface area contributed by atoms with Gasteiger partial charge in [0.05, 0.1) is 5.60 Å². The number of β-amino-alcohol motifs (C(OH)–C–C–N with tert-alkyl or cyclic N) is 1. The third-order valence-corrected chi connectivity index (χ3v) is 5.55. The van der Waals surface area contributed by atoms with Gasteiger partial charge < -0.3 is 10.0 Å². The first-order chi connectivity index (χ1) is 12.6. The van der Waals surface area contributed by atoms with Crippen LogP contribution in [0, 0.1) is 6.92 Å². The van der Waals surface area contributed by atoms with Crippen molar-refractivity contribution in [2.24, 2.45) is 0 Å². The van der Waals surface area contributed by atoms with Crippen LogP contribution < -0.4 is 4.90 Å². The molecule has 2 aromatic heterocycles. The van der Waals surface area contributed by atoms with Crippen molar-refractivity contribution in [3.05, 3.63) is 30.4 Å². The van der Waals surface area contributed by atoms with Crippen LogP contribution in [-0.4, -0.2) is 68.1 Å². The van der Waals surface area contributed by atoms with Gasteiger partial charge in [-0.05, 0) is 25.8 Å². The monoisotopic (exact) mass is 356 g/mol. The Balaban J connectivity index is 1.40. The Labute approximate surface area is 154 Å². The minimum Gasteiger partial charge on any atom is -0.389 e. The van der Waals surface area contributed by atoms with E-state index in [1.165, 1.54) is 6.42 Å². The highest BCUT2D eigenvalue weighted by Crippen LogP contribution is 2.29. The second-order valence-electron chi connectivity index (χ2n) is 7.63. The maximum atomic E-state index is 10.8. The number of hydrogen-bond donors (Lipinski definition) is 1. The Morgan fingerprint density at radius 2 is 1.77 bits per heavy atom. The predicted molar refractivity (Wildman–Crippen MR) is 101 cm³/mol. The number of piperazine rings is 1. The summed E-state index contributed by atoms with van der Waals surface area (Å²) >= 11 is 0. The minimum absolute atomic E-state index is 0.473. The maximum absolute atomic E-state index is 10.8. The van der Waals surface area contributed by atoms with E-state index in [1.807, 2.05) is 25.3 Å². The van der Waals surface area contributed by atoms with Gasteiger partial charge in [0, 0.05) is 51.2 Å². The van der Waals surface area contributed by atoms with Crippen LogP contribution in [0.4, 0.5) is 5.82 Å². The molecule has 1 N–H and O–H groups in total. The van der Waals surface area contributed by atoms with Gasteiger partial charge >= 0.3 is 0 Å². The summed E-state index contributed by atoms with van der Waals surface area (Å²) in [6.45, 7) is 6.49. The summed E-state index contributed by atoms with van der Waals surface area (Å²) in [5.74, 6) is 2.52. The zero-order valence-corrected chi connectivity index (χ0v) is 15.5. The van der Waals surface area contributed by atoms with Crippen molar-refractivity contribution in [1.29, 1.82) is 0 Å². The third kappa shape index (κ3) is 3.88. The van der Waals surface area contributed by atoms with E-state index in [4.69, 9.17) is 0 Å². The first kappa shape index (κ1) is 17.4. The van der Waals surface area contributed by atoms with Gasteiger partial charge in [0.25, 0.3) is 0 Å². The third-order valence-electron chi connectivity index (χ3n) is 5.55. The van der Waals surface area contributed by atoms with E-state index in [9.17, 15) is 5.11 Å². The van der Waals surface area contributed by atoms with Gasteiger partial charge in [0.15, 0.2) is 5.82 Å². The zero-order chi connectivity index (χ0) is 18.0. The molecule has 0 atom stereocenters. The zero-order valence-electron chi connectivity index (χ0n) is 15.5. The van der Waals surface area contributed by atoms with E-state index in [0.717, 1.165) is 75.9 Å². The number of aromatic nitrogens is 4. The van der Waals surface area contributed by atoms with Crippen molar-refractivity contribution >= 4 is 5.82 Å². The first-order valence-electron chi connectivity index (χ1n) is 9.67. The molecule has 0 radical (unpaired) electrons. The van der Waals surface area contributed by atoms with Gasteiger partial charge in [-0.25, -0.2) is 14.6 Å². The number of rotatable bonds is 4. The Hall–Kier alpha value is -1.99. The topological polar surface area (TPSA) is 70.3 Å². The lowest BCUT2D eigenvalue weighted by Gasteiger charge is -2.41. The molecule has 4 rings (SSSR count). The van der Waals surface area contributed by atoms with Gasteiger partial charge in [-0.15, -0.1) is 0 Å². The SMILES string of the molecule is Cc1nc(N2CCN(CC3(O)CCCCC3)CC2)cc(-n2cccn2)n1. The maximum Gasteiger partial charge on any atom is 0.159 e. The van der Waals surface area contributed by atoms with Crippen LogP contribution in [0.1, 0.15) is 37.9 Å². The first-order valence-corrected chi connectivity index (χ1v) is 9.67. The van der Waals surface area contributed by atoms with Crippen LogP contribution in [0.2, 0.25) is 0 Å². The fourth-order valence-electron chi connectivity index (χ4n) is 4.14. The van der Waals surface area contributed by atoms with Crippen LogP contribution in [0.3, 0.4) is 0 Å². The molecule has 2 aromatic rings. The second kappa shape index (κ2) is 7.32. The van der Waals surface area contributed by atoms with E-state index in [1.54, 1.807) is 10.9 Å². The van der Waals surface area contributed by atoms with E-state index in [0.29, 0.717) is 0 Å². The van der Waals surface area contributed by atoms with Crippen LogP contribution in [0.5, 0.6) is 0 Å². The van der Waals surface area contributed by atoms with Crippen molar-refractivity contribution in [3.63, 3.8) is 0 Å². The molecule has 0 aromatic carbocycles. The minimum atomic E-state index is -0.473. The van der Waals surface area contributed by atoms with E-state index in [2.05, 4.69) is 24.9 Å². The second-order valence-corrected chi connectivity index (χ2v) is 7.63. The highest BCUT2D eigenvalue weighted by Gasteiger charge is 2.32. The fourth-order valence-corrected chi connectivity index (χ4v) is 4.14. The lowest BCUT2D eigenvalue weighted by Crippen LogP contribution is -2.52. The lowest BCUT2D eigenvalue weighted by molar-refractivity contribution is -0.0271. The van der Waals surface area contributed by atoms with Crippen molar-refractivity contribution in [1.82, 2.24) is 24.6 Å². The van der Waals surface area contributed by atoms with E-state index < -0.39 is 5.60 Å². The summed E-state index contributed by atoms with van der Waals surface area (Å²) in [5, 5.41) is 15.1. The Bertz CT molecular complexity index is 718. The quantitative estimate of drug-likeness (QED) is 0.901. The summed E-state index contributed by atoms with van der Waals surface area (Å²) in [7, 11) is 0. The molecule has 2 aliphatic rings. The van der Waals surface area contributed by atoms with E-state index >= 15 is 0 Å². The van der Waals surface area contributed by atoms with Gasteiger partial charge in [0.2, 0.25) is 0 Å². The molecule has 0 unspecified atom stereocenters. The largest absolute Gasteiger partial charge is 0.389 e. The highest BCUT2D eigenvalue weighted by atomic mass is 16.3. The molecule has 26 heavy (non-hydrogen) atoms. The predicted octanol–water partition coefficient (Wildman–Crippen LogP) is 1.79. The number of anilines is 1. The Kier molecular flexibility index (Phi) is 4.91. The van der Waals surface area contributed by atoms with Crippen LogP contribution in [0.15, 0.2) is 24.5 Å². The average molecular weight is 356 g/mol. The summed E-state index contributed by atoms with van der Waals surface area (Å²) in [6, 6.07) is 3.90. The average Bonchev–Trinajstić information content (AvgIpc) is 3.17. The fraction of sp³-hybridized carbons (Fsp3) is 0.632. The smallest absolute Gasteiger partial charge is 0.159 e. The molecule has 2 fully saturated rings. The standard InChI is InChI=1S/C19H28N6O/c1-16-21-17(14-18(22-16)25-9-5-8-20-25)24-12-10-23(11-13-24)15-19(26)6-3-2-4-7-19/h5,8-9,14,26H,2-4,6-7,10-13,15H2,1H3. The highest BCUT2D eigenvalue weighted by molar-refractivity contribution is 5.44. The molecular weight excluding hydrogens is 328 g/mol. The van der Waals surface area contributed by atoms with Crippen molar-refractivity contribution < 1.29 is 5.11 Å².